The fourth-order valence-electron chi connectivity index (χ4n) is 2.11. The molecule has 2 fully saturated rings. The summed E-state index contributed by atoms with van der Waals surface area (Å²) in [6, 6.07) is 0.523. The number of hydrogen-bond donors (Lipinski definition) is 1. The zero-order valence-electron chi connectivity index (χ0n) is 9.09. The lowest BCUT2D eigenvalue weighted by Gasteiger charge is -2.29. The first-order chi connectivity index (χ1) is 7.65. The Hall–Kier alpha value is -1.33. The number of rotatable bonds is 0. The van der Waals surface area contributed by atoms with E-state index in [1.807, 2.05) is 18.0 Å². The maximum Gasteiger partial charge on any atom is 0.298 e. The lowest BCUT2D eigenvalue weighted by molar-refractivity contribution is -0.0226. The highest BCUT2D eigenvalue weighted by atomic mass is 16.6. The van der Waals surface area contributed by atoms with Crippen LogP contribution in [0.5, 0.6) is 0 Å². The monoisotopic (exact) mass is 222 g/mol. The first-order valence-electron chi connectivity index (χ1n) is 5.36. The molecule has 0 aliphatic carbocycles. The van der Waals surface area contributed by atoms with Crippen LogP contribution in [0.25, 0.3) is 0 Å². The van der Waals surface area contributed by atoms with Crippen molar-refractivity contribution in [2.24, 2.45) is 4.99 Å². The molecule has 3 atom stereocenters. The normalized spacial score (nSPS) is 37.2. The van der Waals surface area contributed by atoms with Crippen molar-refractivity contribution in [3.8, 4) is 0 Å². The number of hydrogen-bond acceptors (Lipinski definition) is 5. The molecule has 5 nitrogen and oxygen atoms in total. The molecule has 86 valence electrons. The number of aliphatic imine (C=N–C) groups is 1. The van der Waals surface area contributed by atoms with Gasteiger partial charge < -0.3 is 14.6 Å². The third-order valence-electron chi connectivity index (χ3n) is 3.13. The van der Waals surface area contributed by atoms with E-state index in [-0.39, 0.29) is 12.3 Å². The van der Waals surface area contributed by atoms with Crippen molar-refractivity contribution in [1.29, 1.82) is 0 Å². The van der Waals surface area contributed by atoms with Gasteiger partial charge in [0, 0.05) is 12.6 Å². The average molecular weight is 222 g/mol. The molecule has 3 aliphatic heterocycles. The molecule has 0 radical (unpaired) electrons. The van der Waals surface area contributed by atoms with Gasteiger partial charge in [-0.05, 0) is 12.5 Å². The number of nitrogens with zero attached hydrogens (tertiary/aromatic N) is 2. The summed E-state index contributed by atoms with van der Waals surface area (Å²) in [6.45, 7) is 6.12. The second kappa shape index (κ2) is 3.33. The molecular weight excluding hydrogens is 208 g/mol. The molecule has 3 heterocycles. The van der Waals surface area contributed by atoms with E-state index in [2.05, 4.69) is 11.6 Å². The predicted octanol–water partition coefficient (Wildman–Crippen LogP) is 0.582. The zero-order valence-corrected chi connectivity index (χ0v) is 9.09. The van der Waals surface area contributed by atoms with Gasteiger partial charge in [-0.15, -0.1) is 0 Å². The van der Waals surface area contributed by atoms with E-state index in [1.165, 1.54) is 0 Å². The van der Waals surface area contributed by atoms with Crippen LogP contribution in [0.1, 0.15) is 13.3 Å². The fraction of sp³-hybridized carbons (Fsp3) is 0.545. The highest BCUT2D eigenvalue weighted by molar-refractivity contribution is 5.79. The summed E-state index contributed by atoms with van der Waals surface area (Å²) in [5, 5.41) is 9.72. The summed E-state index contributed by atoms with van der Waals surface area (Å²) < 4.78 is 11.2. The molecule has 2 saturated heterocycles. The van der Waals surface area contributed by atoms with Gasteiger partial charge in [-0.2, -0.15) is 4.99 Å². The minimum absolute atomic E-state index is 0.177. The third kappa shape index (κ3) is 1.36. The molecule has 0 aromatic heterocycles. The number of fused-ring (bicyclic) bond motifs is 4. The number of amidine groups is 1. The van der Waals surface area contributed by atoms with Crippen LogP contribution in [0.3, 0.4) is 0 Å². The summed E-state index contributed by atoms with van der Waals surface area (Å²) in [6.07, 6.45) is 1.62. The van der Waals surface area contributed by atoms with Gasteiger partial charge in [0.05, 0.1) is 11.8 Å². The van der Waals surface area contributed by atoms with Crippen LogP contribution in [-0.2, 0) is 9.47 Å². The van der Waals surface area contributed by atoms with E-state index in [4.69, 9.17) is 9.47 Å². The smallest absolute Gasteiger partial charge is 0.298 e. The molecule has 0 aromatic rings. The second-order valence-electron chi connectivity index (χ2n) is 4.30. The lowest BCUT2D eigenvalue weighted by Crippen LogP contribution is -2.39. The average Bonchev–Trinajstić information content (AvgIpc) is 2.51. The van der Waals surface area contributed by atoms with Gasteiger partial charge in [-0.25, -0.2) is 0 Å². The quantitative estimate of drug-likeness (QED) is 0.651. The van der Waals surface area contributed by atoms with Crippen LogP contribution in [0.15, 0.2) is 29.0 Å². The van der Waals surface area contributed by atoms with Crippen LogP contribution < -0.4 is 0 Å². The maximum atomic E-state index is 9.72. The number of aliphatic hydroxyl groups is 1. The Morgan fingerprint density at radius 3 is 3.25 bits per heavy atom. The SMILES string of the molecule is C=C1N=C2OC[C@H]3O[C@H](C[C@@H]3O)N2C=C1C. The number of allylic oxidation sites excluding steroid dienone is 1. The van der Waals surface area contributed by atoms with Crippen molar-refractivity contribution in [1.82, 2.24) is 4.90 Å². The third-order valence-corrected chi connectivity index (χ3v) is 3.13. The summed E-state index contributed by atoms with van der Waals surface area (Å²) in [7, 11) is 0. The minimum atomic E-state index is -0.453. The van der Waals surface area contributed by atoms with Crippen molar-refractivity contribution in [2.45, 2.75) is 31.8 Å². The van der Waals surface area contributed by atoms with E-state index in [0.29, 0.717) is 24.7 Å². The molecule has 0 unspecified atom stereocenters. The van der Waals surface area contributed by atoms with Crippen molar-refractivity contribution < 1.29 is 14.6 Å². The Morgan fingerprint density at radius 1 is 1.62 bits per heavy atom. The van der Waals surface area contributed by atoms with Crippen LogP contribution in [0, 0.1) is 0 Å². The van der Waals surface area contributed by atoms with E-state index < -0.39 is 6.10 Å². The lowest BCUT2D eigenvalue weighted by atomic mass is 10.1. The minimum Gasteiger partial charge on any atom is -0.462 e. The Kier molecular flexibility index (Phi) is 2.05. The molecule has 0 aromatic carbocycles. The summed E-state index contributed by atoms with van der Waals surface area (Å²) in [5.74, 6) is 0. The Balaban J connectivity index is 1.95. The van der Waals surface area contributed by atoms with Crippen LogP contribution in [0.4, 0.5) is 0 Å². The predicted molar refractivity (Wildman–Crippen MR) is 57.4 cm³/mol. The first-order valence-corrected chi connectivity index (χ1v) is 5.36. The van der Waals surface area contributed by atoms with Gasteiger partial charge >= 0.3 is 0 Å². The Morgan fingerprint density at radius 2 is 2.44 bits per heavy atom. The molecule has 2 bridgehead atoms. The first kappa shape index (κ1) is 9.86. The fourth-order valence-corrected chi connectivity index (χ4v) is 2.11. The molecule has 3 aliphatic rings. The topological polar surface area (TPSA) is 54.3 Å². The van der Waals surface area contributed by atoms with Gasteiger partial charge in [-0.3, -0.25) is 4.90 Å². The van der Waals surface area contributed by atoms with Gasteiger partial charge in [0.15, 0.2) is 0 Å². The van der Waals surface area contributed by atoms with E-state index in [1.54, 1.807) is 0 Å². The van der Waals surface area contributed by atoms with Gasteiger partial charge in [0.1, 0.15) is 18.9 Å². The van der Waals surface area contributed by atoms with Gasteiger partial charge in [0.2, 0.25) is 0 Å². The Labute approximate surface area is 93.7 Å². The van der Waals surface area contributed by atoms with Crippen LogP contribution >= 0.6 is 0 Å². The standard InChI is InChI=1S/C11H14N2O3/c1-6-4-13-10-3-8(14)9(16-10)5-15-11(13)12-7(6)2/h4,8-10,14H,2-3,5H2,1H3/t8-,9+,10+/m0/s1. The second-order valence-corrected chi connectivity index (χ2v) is 4.30. The molecule has 5 heteroatoms. The largest absolute Gasteiger partial charge is 0.462 e. The number of ether oxygens (including phenoxy) is 2. The van der Waals surface area contributed by atoms with E-state index in [0.717, 1.165) is 5.57 Å². The molecule has 0 spiro atoms. The zero-order chi connectivity index (χ0) is 11.3. The highest BCUT2D eigenvalue weighted by Crippen LogP contribution is 2.31. The summed E-state index contributed by atoms with van der Waals surface area (Å²) in [4.78, 5) is 6.12. The summed E-state index contributed by atoms with van der Waals surface area (Å²) >= 11 is 0. The van der Waals surface area contributed by atoms with Crippen molar-refractivity contribution in [3.63, 3.8) is 0 Å². The molecule has 16 heavy (non-hydrogen) atoms. The van der Waals surface area contributed by atoms with Crippen molar-refractivity contribution in [3.05, 3.63) is 24.0 Å². The van der Waals surface area contributed by atoms with Crippen molar-refractivity contribution >= 4 is 6.02 Å². The van der Waals surface area contributed by atoms with Gasteiger partial charge in [0.25, 0.3) is 6.02 Å². The van der Waals surface area contributed by atoms with E-state index in [9.17, 15) is 5.11 Å². The summed E-state index contributed by atoms with van der Waals surface area (Å²) in [5.41, 5.74) is 1.69. The molecule has 0 amide bonds. The molecular formula is C11H14N2O3. The molecule has 3 rings (SSSR count). The van der Waals surface area contributed by atoms with Crippen LogP contribution in [-0.4, -0.2) is 41.1 Å². The molecule has 0 saturated carbocycles. The van der Waals surface area contributed by atoms with E-state index >= 15 is 0 Å². The highest BCUT2D eigenvalue weighted by Gasteiger charge is 2.42. The number of aliphatic hydroxyl groups excluding tert-OH is 1. The maximum absolute atomic E-state index is 9.72. The molecule has 1 N–H and O–H groups in total. The van der Waals surface area contributed by atoms with Crippen LogP contribution in [0.2, 0.25) is 0 Å². The Bertz CT molecular complexity index is 402. The van der Waals surface area contributed by atoms with Crippen molar-refractivity contribution in [2.75, 3.05) is 6.61 Å². The van der Waals surface area contributed by atoms with Gasteiger partial charge in [-0.1, -0.05) is 6.58 Å².